The van der Waals surface area contributed by atoms with Crippen LogP contribution in [0, 0.1) is 17.0 Å². The van der Waals surface area contributed by atoms with Gasteiger partial charge in [0.1, 0.15) is 18.1 Å². The van der Waals surface area contributed by atoms with Gasteiger partial charge < -0.3 is 24.5 Å². The van der Waals surface area contributed by atoms with E-state index in [1.54, 1.807) is 44.3 Å². The molecule has 9 heteroatoms. The molecule has 0 saturated heterocycles. The van der Waals surface area contributed by atoms with Crippen molar-refractivity contribution >= 4 is 23.3 Å². The van der Waals surface area contributed by atoms with E-state index in [4.69, 9.17) is 21.1 Å². The van der Waals surface area contributed by atoms with Gasteiger partial charge in [-0.3, -0.25) is 4.79 Å². The molecule has 0 fully saturated rings. The lowest BCUT2D eigenvalue weighted by Crippen LogP contribution is -2.34. The number of aromatic nitrogens is 1. The van der Waals surface area contributed by atoms with Crippen LogP contribution in [0.3, 0.4) is 0 Å². The first-order chi connectivity index (χ1) is 12.4. The van der Waals surface area contributed by atoms with E-state index in [0.717, 1.165) is 0 Å². The number of ether oxygens (including phenoxy) is 2. The molecule has 0 N–H and O–H groups in total. The van der Waals surface area contributed by atoms with Crippen molar-refractivity contribution in [1.29, 1.82) is 0 Å². The predicted molar refractivity (Wildman–Crippen MR) is 95.7 cm³/mol. The summed E-state index contributed by atoms with van der Waals surface area (Å²) in [5.41, 5.74) is 0.492. The zero-order valence-corrected chi connectivity index (χ0v) is 15.1. The van der Waals surface area contributed by atoms with Crippen LogP contribution >= 0.6 is 11.6 Å². The number of carbonyl (C=O) groups is 1. The number of nitro groups is 1. The van der Waals surface area contributed by atoms with Crippen LogP contribution in [0.25, 0.3) is 0 Å². The summed E-state index contributed by atoms with van der Waals surface area (Å²) >= 11 is 5.79. The van der Waals surface area contributed by atoms with Crippen molar-refractivity contribution in [3.05, 3.63) is 57.2 Å². The number of halogens is 1. The number of rotatable bonds is 8. The van der Waals surface area contributed by atoms with Crippen molar-refractivity contribution in [1.82, 2.24) is 9.88 Å². The minimum Gasteiger partial charge on any atom is -0.492 e. The molecule has 0 atom stereocenters. The van der Waals surface area contributed by atoms with Gasteiger partial charge >= 0.3 is 5.82 Å². The Balaban J connectivity index is 1.82. The van der Waals surface area contributed by atoms with Crippen LogP contribution in [0.1, 0.15) is 5.69 Å². The molecule has 138 valence electrons. The van der Waals surface area contributed by atoms with E-state index in [-0.39, 0.29) is 24.9 Å². The highest BCUT2D eigenvalue weighted by molar-refractivity contribution is 6.30. The lowest BCUT2D eigenvalue weighted by atomic mass is 10.3. The van der Waals surface area contributed by atoms with Gasteiger partial charge in [0.2, 0.25) is 5.75 Å². The smallest absolute Gasteiger partial charge is 0.406 e. The lowest BCUT2D eigenvalue weighted by molar-refractivity contribution is -0.390. The monoisotopic (exact) mass is 379 g/mol. The van der Waals surface area contributed by atoms with Crippen molar-refractivity contribution in [2.24, 2.45) is 0 Å². The SMILES string of the molecule is Cc1ccc(OCC(=O)N(C)CCOc2ccc(Cl)cc2)c([N+](=O)[O-])n1. The van der Waals surface area contributed by atoms with E-state index in [2.05, 4.69) is 4.98 Å². The molecule has 0 aliphatic carbocycles. The zero-order valence-electron chi connectivity index (χ0n) is 14.3. The molecule has 0 radical (unpaired) electrons. The molecule has 0 aliphatic rings. The maximum atomic E-state index is 12.1. The molecule has 1 heterocycles. The minimum atomic E-state index is -0.642. The maximum absolute atomic E-state index is 12.1. The quantitative estimate of drug-likeness (QED) is 0.517. The Kier molecular flexibility index (Phi) is 6.74. The summed E-state index contributed by atoms with van der Waals surface area (Å²) in [5.74, 6) is -0.140. The molecule has 0 bridgehead atoms. The molecular formula is C17H18ClN3O5. The van der Waals surface area contributed by atoms with Crippen LogP contribution in [0.5, 0.6) is 11.5 Å². The fourth-order valence-electron chi connectivity index (χ4n) is 1.98. The van der Waals surface area contributed by atoms with Crippen molar-refractivity contribution in [3.8, 4) is 11.5 Å². The standard InChI is InChI=1S/C17H18ClN3O5/c1-12-3-8-15(17(19-12)21(23)24)26-11-16(22)20(2)9-10-25-14-6-4-13(18)5-7-14/h3-8H,9-11H2,1-2H3. The fraction of sp³-hybridized carbons (Fsp3) is 0.294. The van der Waals surface area contributed by atoms with E-state index < -0.39 is 10.7 Å². The number of hydrogen-bond acceptors (Lipinski definition) is 6. The summed E-state index contributed by atoms with van der Waals surface area (Å²) in [4.78, 5) is 27.7. The summed E-state index contributed by atoms with van der Waals surface area (Å²) in [5, 5.41) is 11.6. The molecule has 1 aromatic heterocycles. The summed E-state index contributed by atoms with van der Waals surface area (Å²) in [7, 11) is 1.60. The van der Waals surface area contributed by atoms with Crippen molar-refractivity contribution in [2.75, 3.05) is 26.8 Å². The largest absolute Gasteiger partial charge is 0.492 e. The minimum absolute atomic E-state index is 0.0419. The number of aryl methyl sites for hydroxylation is 1. The number of likely N-dealkylation sites (N-methyl/N-ethyl adjacent to an activating group) is 1. The van der Waals surface area contributed by atoms with Gasteiger partial charge in [-0.25, -0.2) is 0 Å². The molecule has 0 saturated carbocycles. The fourth-order valence-corrected chi connectivity index (χ4v) is 2.11. The van der Waals surface area contributed by atoms with Crippen molar-refractivity contribution < 1.29 is 19.2 Å². The predicted octanol–water partition coefficient (Wildman–Crippen LogP) is 2.87. The molecule has 0 aliphatic heterocycles. The zero-order chi connectivity index (χ0) is 19.1. The van der Waals surface area contributed by atoms with Gasteiger partial charge in [-0.05, 0) is 46.3 Å². The van der Waals surface area contributed by atoms with Crippen molar-refractivity contribution in [3.63, 3.8) is 0 Å². The van der Waals surface area contributed by atoms with E-state index >= 15 is 0 Å². The third-order valence-electron chi connectivity index (χ3n) is 3.44. The Bertz CT molecular complexity index is 782. The van der Waals surface area contributed by atoms with Crippen LogP contribution in [0.15, 0.2) is 36.4 Å². The second-order valence-corrected chi connectivity index (χ2v) is 5.87. The Morgan fingerprint density at radius 3 is 2.58 bits per heavy atom. The number of carbonyl (C=O) groups excluding carboxylic acids is 1. The van der Waals surface area contributed by atoms with Gasteiger partial charge in [-0.1, -0.05) is 11.6 Å². The number of hydrogen-bond donors (Lipinski definition) is 0. The first-order valence-corrected chi connectivity index (χ1v) is 8.12. The number of nitrogens with zero attached hydrogens (tertiary/aromatic N) is 3. The van der Waals surface area contributed by atoms with Gasteiger partial charge in [0.15, 0.2) is 6.61 Å². The molecule has 2 aromatic rings. The molecule has 0 spiro atoms. The van der Waals surface area contributed by atoms with E-state index in [0.29, 0.717) is 23.0 Å². The van der Waals surface area contributed by atoms with Crippen LogP contribution in [-0.4, -0.2) is 47.5 Å². The van der Waals surface area contributed by atoms with Gasteiger partial charge in [-0.2, -0.15) is 0 Å². The molecular weight excluding hydrogens is 362 g/mol. The van der Waals surface area contributed by atoms with Gasteiger partial charge in [-0.15, -0.1) is 0 Å². The number of amides is 1. The van der Waals surface area contributed by atoms with E-state index in [1.807, 2.05) is 0 Å². The maximum Gasteiger partial charge on any atom is 0.406 e. The Hall–Kier alpha value is -2.87. The normalized spacial score (nSPS) is 10.3. The number of benzene rings is 1. The second kappa shape index (κ2) is 9.00. The summed E-state index contributed by atoms with van der Waals surface area (Å²) in [6, 6.07) is 9.89. The molecule has 2 rings (SSSR count). The third-order valence-corrected chi connectivity index (χ3v) is 3.69. The highest BCUT2D eigenvalue weighted by atomic mass is 35.5. The molecule has 1 amide bonds. The first kappa shape index (κ1) is 19.5. The highest BCUT2D eigenvalue weighted by Gasteiger charge is 2.19. The summed E-state index contributed by atoms with van der Waals surface area (Å²) < 4.78 is 10.8. The Morgan fingerprint density at radius 1 is 1.23 bits per heavy atom. The van der Waals surface area contributed by atoms with Crippen LogP contribution in [0.4, 0.5) is 5.82 Å². The number of pyridine rings is 1. The summed E-state index contributed by atoms with van der Waals surface area (Å²) in [6.45, 7) is 1.93. The average Bonchev–Trinajstić information content (AvgIpc) is 2.61. The average molecular weight is 380 g/mol. The topological polar surface area (TPSA) is 94.8 Å². The second-order valence-electron chi connectivity index (χ2n) is 5.44. The van der Waals surface area contributed by atoms with Crippen molar-refractivity contribution in [2.45, 2.75) is 6.92 Å². The van der Waals surface area contributed by atoms with Gasteiger partial charge in [0, 0.05) is 19.0 Å². The highest BCUT2D eigenvalue weighted by Crippen LogP contribution is 2.24. The third kappa shape index (κ3) is 5.59. The molecule has 1 aromatic carbocycles. The molecule has 26 heavy (non-hydrogen) atoms. The molecule has 0 unspecified atom stereocenters. The van der Waals surface area contributed by atoms with E-state index in [9.17, 15) is 14.9 Å². The first-order valence-electron chi connectivity index (χ1n) is 7.74. The van der Waals surface area contributed by atoms with Gasteiger partial charge in [0.05, 0.1) is 6.54 Å². The Morgan fingerprint density at radius 2 is 1.92 bits per heavy atom. The van der Waals surface area contributed by atoms with Gasteiger partial charge in [0.25, 0.3) is 5.91 Å². The summed E-state index contributed by atoms with van der Waals surface area (Å²) in [6.07, 6.45) is 0. The van der Waals surface area contributed by atoms with Crippen LogP contribution in [-0.2, 0) is 4.79 Å². The van der Waals surface area contributed by atoms with Crippen LogP contribution in [0.2, 0.25) is 5.02 Å². The van der Waals surface area contributed by atoms with Crippen LogP contribution < -0.4 is 9.47 Å². The lowest BCUT2D eigenvalue weighted by Gasteiger charge is -2.17. The molecule has 8 nitrogen and oxygen atoms in total. The Labute approximate surface area is 155 Å². The van der Waals surface area contributed by atoms with E-state index in [1.165, 1.54) is 11.0 Å².